The van der Waals surface area contributed by atoms with Crippen LogP contribution in [0.1, 0.15) is 45.1 Å². The van der Waals surface area contributed by atoms with Crippen molar-refractivity contribution in [3.63, 3.8) is 0 Å². The highest BCUT2D eigenvalue weighted by Crippen LogP contribution is 2.28. The lowest BCUT2D eigenvalue weighted by atomic mass is 10.1. The van der Waals surface area contributed by atoms with Gasteiger partial charge in [0, 0.05) is 19.1 Å². The maximum Gasteiger partial charge on any atom is 0.232 e. The van der Waals surface area contributed by atoms with Crippen molar-refractivity contribution >= 4 is 23.6 Å². The minimum absolute atomic E-state index is 0.0346. The lowest BCUT2D eigenvalue weighted by molar-refractivity contribution is -0.119. The summed E-state index contributed by atoms with van der Waals surface area (Å²) in [6.07, 6.45) is 4.56. The first-order valence-electron chi connectivity index (χ1n) is 9.78. The monoisotopic (exact) mass is 387 g/mol. The first kappa shape index (κ1) is 19.7. The van der Waals surface area contributed by atoms with Gasteiger partial charge in [-0.05, 0) is 51.7 Å². The first-order chi connectivity index (χ1) is 13.1. The van der Waals surface area contributed by atoms with Crippen molar-refractivity contribution in [2.75, 3.05) is 23.7 Å². The van der Waals surface area contributed by atoms with Crippen LogP contribution in [-0.2, 0) is 4.79 Å². The number of hydrogen-bond acceptors (Lipinski definition) is 5. The van der Waals surface area contributed by atoms with Gasteiger partial charge in [-0.1, -0.05) is 36.4 Å². The topological polar surface area (TPSA) is 63.1 Å². The molecular weight excluding hydrogens is 358 g/mol. The van der Waals surface area contributed by atoms with E-state index < -0.39 is 0 Å². The van der Waals surface area contributed by atoms with Crippen molar-refractivity contribution in [3.8, 4) is 5.69 Å². The summed E-state index contributed by atoms with van der Waals surface area (Å²) in [5.41, 5.74) is 2.25. The van der Waals surface area contributed by atoms with E-state index in [0.29, 0.717) is 5.75 Å². The number of amides is 1. The minimum Gasteiger partial charge on any atom is -0.353 e. The van der Waals surface area contributed by atoms with Crippen molar-refractivity contribution in [1.82, 2.24) is 20.1 Å². The molecule has 1 N–H and O–H groups in total. The number of piperidine rings is 1. The van der Waals surface area contributed by atoms with E-state index in [4.69, 9.17) is 0 Å². The van der Waals surface area contributed by atoms with E-state index >= 15 is 0 Å². The summed E-state index contributed by atoms with van der Waals surface area (Å²) in [4.78, 5) is 14.5. The highest BCUT2D eigenvalue weighted by molar-refractivity contribution is 7.99. The molecule has 1 aliphatic heterocycles. The van der Waals surface area contributed by atoms with E-state index in [2.05, 4.69) is 63.1 Å². The van der Waals surface area contributed by atoms with Gasteiger partial charge in [-0.3, -0.25) is 9.36 Å². The number of carbonyl (C=O) groups excluding carboxylic acids is 1. The molecule has 1 atom stereocenters. The van der Waals surface area contributed by atoms with E-state index in [1.807, 2.05) is 6.92 Å². The van der Waals surface area contributed by atoms with Crippen LogP contribution in [0, 0.1) is 6.92 Å². The fourth-order valence-corrected chi connectivity index (χ4v) is 3.88. The lowest BCUT2D eigenvalue weighted by Crippen LogP contribution is -2.33. The average molecular weight is 388 g/mol. The van der Waals surface area contributed by atoms with Crippen LogP contribution in [0.25, 0.3) is 5.69 Å². The molecule has 2 heterocycles. The smallest absolute Gasteiger partial charge is 0.232 e. The van der Waals surface area contributed by atoms with Crippen LogP contribution < -0.4 is 10.2 Å². The maximum absolute atomic E-state index is 12.2. The number of rotatable bonds is 7. The molecule has 0 bridgehead atoms. The largest absolute Gasteiger partial charge is 0.353 e. The van der Waals surface area contributed by atoms with E-state index in [-0.39, 0.29) is 11.9 Å². The fourth-order valence-electron chi connectivity index (χ4n) is 3.12. The molecule has 0 unspecified atom stereocenters. The fraction of sp³-hybridized carbons (Fsp3) is 0.550. The van der Waals surface area contributed by atoms with Gasteiger partial charge in [0.25, 0.3) is 0 Å². The van der Waals surface area contributed by atoms with Crippen LogP contribution in [0.2, 0.25) is 0 Å². The number of carbonyl (C=O) groups is 1. The lowest BCUT2D eigenvalue weighted by Gasteiger charge is -2.27. The molecule has 1 fully saturated rings. The summed E-state index contributed by atoms with van der Waals surface area (Å²) in [7, 11) is 0. The third kappa shape index (κ3) is 5.03. The summed E-state index contributed by atoms with van der Waals surface area (Å²) in [6.45, 7) is 8.17. The van der Waals surface area contributed by atoms with Gasteiger partial charge < -0.3 is 10.2 Å². The second kappa shape index (κ2) is 9.26. The Morgan fingerprint density at radius 3 is 2.56 bits per heavy atom. The number of hydrogen-bond donors (Lipinski definition) is 1. The first-order valence-corrected chi connectivity index (χ1v) is 10.8. The Kier molecular flexibility index (Phi) is 6.77. The highest BCUT2D eigenvalue weighted by atomic mass is 32.2. The quantitative estimate of drug-likeness (QED) is 0.736. The molecule has 146 valence electrons. The van der Waals surface area contributed by atoms with Crippen LogP contribution in [0.3, 0.4) is 0 Å². The highest BCUT2D eigenvalue weighted by Gasteiger charge is 2.22. The molecule has 2 aromatic rings. The third-order valence-electron chi connectivity index (χ3n) is 4.90. The number of benzene rings is 1. The van der Waals surface area contributed by atoms with Gasteiger partial charge in [0.1, 0.15) is 0 Å². The van der Waals surface area contributed by atoms with Gasteiger partial charge >= 0.3 is 0 Å². The van der Waals surface area contributed by atoms with Gasteiger partial charge in [-0.15, -0.1) is 10.2 Å². The van der Waals surface area contributed by atoms with Crippen LogP contribution in [0.5, 0.6) is 0 Å². The van der Waals surface area contributed by atoms with E-state index in [1.165, 1.54) is 36.6 Å². The number of nitrogens with one attached hydrogen (secondary N) is 1. The van der Waals surface area contributed by atoms with Crippen LogP contribution >= 0.6 is 11.8 Å². The van der Waals surface area contributed by atoms with Crippen LogP contribution in [0.4, 0.5) is 5.95 Å². The van der Waals surface area contributed by atoms with Gasteiger partial charge in [0.2, 0.25) is 11.9 Å². The predicted octanol–water partition coefficient (Wildman–Crippen LogP) is 3.57. The molecule has 27 heavy (non-hydrogen) atoms. The zero-order valence-corrected chi connectivity index (χ0v) is 17.3. The molecule has 1 aromatic heterocycles. The summed E-state index contributed by atoms with van der Waals surface area (Å²) in [6, 6.07) is 8.57. The van der Waals surface area contributed by atoms with E-state index in [0.717, 1.165) is 36.3 Å². The molecule has 1 aliphatic rings. The van der Waals surface area contributed by atoms with Crippen molar-refractivity contribution < 1.29 is 4.79 Å². The maximum atomic E-state index is 12.2. The average Bonchev–Trinajstić information content (AvgIpc) is 3.11. The molecule has 1 aromatic carbocycles. The van der Waals surface area contributed by atoms with Crippen molar-refractivity contribution in [3.05, 3.63) is 29.8 Å². The zero-order chi connectivity index (χ0) is 19.2. The molecule has 0 aliphatic carbocycles. The van der Waals surface area contributed by atoms with Gasteiger partial charge in [0.05, 0.1) is 11.4 Å². The number of anilines is 1. The molecule has 3 rings (SSSR count). The zero-order valence-electron chi connectivity index (χ0n) is 16.4. The van der Waals surface area contributed by atoms with Gasteiger partial charge in [-0.25, -0.2) is 0 Å². The van der Waals surface area contributed by atoms with E-state index in [1.54, 1.807) is 0 Å². The molecule has 0 saturated carbocycles. The number of nitrogens with zero attached hydrogens (tertiary/aromatic N) is 4. The molecule has 0 spiro atoms. The third-order valence-corrected chi connectivity index (χ3v) is 5.83. The SMILES string of the molecule is CC[C@H](C)NC(=O)CSc1nnc(N2CCCCC2)n1-c1ccc(C)cc1. The Morgan fingerprint density at radius 2 is 1.89 bits per heavy atom. The van der Waals surface area contributed by atoms with Crippen LogP contribution in [-0.4, -0.2) is 45.6 Å². The summed E-state index contributed by atoms with van der Waals surface area (Å²) in [5.74, 6) is 1.25. The number of aromatic nitrogens is 3. The summed E-state index contributed by atoms with van der Waals surface area (Å²) in [5, 5.41) is 12.7. The molecule has 1 amide bonds. The van der Waals surface area contributed by atoms with Gasteiger partial charge in [0.15, 0.2) is 5.16 Å². The number of thioether (sulfide) groups is 1. The molecule has 6 nitrogen and oxygen atoms in total. The number of aryl methyl sites for hydroxylation is 1. The van der Waals surface area contributed by atoms with Crippen molar-refractivity contribution in [2.24, 2.45) is 0 Å². The molecule has 7 heteroatoms. The van der Waals surface area contributed by atoms with Gasteiger partial charge in [-0.2, -0.15) is 0 Å². The summed E-state index contributed by atoms with van der Waals surface area (Å²) < 4.78 is 2.09. The molecule has 0 radical (unpaired) electrons. The Bertz CT molecular complexity index is 752. The second-order valence-electron chi connectivity index (χ2n) is 7.17. The Morgan fingerprint density at radius 1 is 1.19 bits per heavy atom. The Balaban J connectivity index is 1.83. The van der Waals surface area contributed by atoms with Crippen molar-refractivity contribution in [2.45, 2.75) is 57.7 Å². The van der Waals surface area contributed by atoms with E-state index in [9.17, 15) is 4.79 Å². The standard InChI is InChI=1S/C20H29N5OS/c1-4-16(3)21-18(26)14-27-20-23-22-19(24-12-6-5-7-13-24)25(20)17-10-8-15(2)9-11-17/h8-11,16H,4-7,12-14H2,1-3H3,(H,21,26)/t16-/m0/s1. The summed E-state index contributed by atoms with van der Waals surface area (Å²) >= 11 is 1.44. The normalized spacial score (nSPS) is 15.6. The predicted molar refractivity (Wildman–Crippen MR) is 111 cm³/mol. The molecule has 1 saturated heterocycles. The Hall–Kier alpha value is -2.02. The van der Waals surface area contributed by atoms with Crippen molar-refractivity contribution in [1.29, 1.82) is 0 Å². The second-order valence-corrected chi connectivity index (χ2v) is 8.11. The molecular formula is C20H29N5OS. The minimum atomic E-state index is 0.0346. The Labute approximate surface area is 165 Å². The van der Waals surface area contributed by atoms with Crippen LogP contribution in [0.15, 0.2) is 29.4 Å².